The first-order valence-electron chi connectivity index (χ1n) is 7.20. The lowest BCUT2D eigenvalue weighted by molar-refractivity contribution is 0.258. The Bertz CT molecular complexity index is 330. The van der Waals surface area contributed by atoms with Crippen LogP contribution in [0, 0.1) is 6.92 Å². The lowest BCUT2D eigenvalue weighted by Crippen LogP contribution is -2.33. The van der Waals surface area contributed by atoms with E-state index >= 15 is 0 Å². The largest absolute Gasteiger partial charge is 0.330 e. The average Bonchev–Trinajstić information content (AvgIpc) is 2.37. The highest BCUT2D eigenvalue weighted by Crippen LogP contribution is 2.20. The zero-order chi connectivity index (χ0) is 13.4. The van der Waals surface area contributed by atoms with Gasteiger partial charge in [-0.15, -0.1) is 0 Å². The summed E-state index contributed by atoms with van der Waals surface area (Å²) in [7, 11) is 0. The van der Waals surface area contributed by atoms with E-state index in [4.69, 9.17) is 5.73 Å². The van der Waals surface area contributed by atoms with Crippen molar-refractivity contribution in [1.29, 1.82) is 0 Å². The van der Waals surface area contributed by atoms with Crippen LogP contribution in [0.4, 0.5) is 0 Å². The highest BCUT2D eigenvalue weighted by Gasteiger charge is 2.15. The molecular weight excluding hydrogens is 220 g/mol. The third-order valence-electron chi connectivity index (χ3n) is 3.47. The van der Waals surface area contributed by atoms with Gasteiger partial charge in [0.25, 0.3) is 0 Å². The second-order valence-electron chi connectivity index (χ2n) is 5.09. The van der Waals surface area contributed by atoms with E-state index in [1.807, 2.05) is 0 Å². The Hall–Kier alpha value is -0.860. The monoisotopic (exact) mass is 248 g/mol. The molecule has 0 aliphatic heterocycles. The molecule has 1 aromatic rings. The molecule has 0 aromatic heterocycles. The summed E-state index contributed by atoms with van der Waals surface area (Å²) >= 11 is 0. The summed E-state index contributed by atoms with van der Waals surface area (Å²) in [6, 6.07) is 8.63. The minimum Gasteiger partial charge on any atom is -0.330 e. The maximum absolute atomic E-state index is 5.99. The third-order valence-corrected chi connectivity index (χ3v) is 3.47. The number of benzene rings is 1. The molecule has 0 fully saturated rings. The molecule has 1 aromatic carbocycles. The molecule has 1 rings (SSSR count). The van der Waals surface area contributed by atoms with Crippen LogP contribution in [0.3, 0.4) is 0 Å². The SMILES string of the molecule is CCCN(CCC)CC(CN)c1ccccc1C. The molecule has 0 aliphatic rings. The Morgan fingerprint density at radius 1 is 1.11 bits per heavy atom. The van der Waals surface area contributed by atoms with Crippen LogP contribution in [-0.2, 0) is 0 Å². The Labute approximate surface area is 112 Å². The first kappa shape index (κ1) is 15.2. The van der Waals surface area contributed by atoms with Crippen LogP contribution >= 0.6 is 0 Å². The fraction of sp³-hybridized carbons (Fsp3) is 0.625. The van der Waals surface area contributed by atoms with Gasteiger partial charge in [-0.3, -0.25) is 0 Å². The maximum atomic E-state index is 5.99. The molecule has 2 N–H and O–H groups in total. The smallest absolute Gasteiger partial charge is 0.00914 e. The predicted molar refractivity (Wildman–Crippen MR) is 80.0 cm³/mol. The number of hydrogen-bond acceptors (Lipinski definition) is 2. The number of nitrogens with zero attached hydrogens (tertiary/aromatic N) is 1. The maximum Gasteiger partial charge on any atom is 0.00914 e. The standard InChI is InChI=1S/C16H28N2/c1-4-10-18(11-5-2)13-15(12-17)16-9-7-6-8-14(16)3/h6-9,15H,4-5,10-13,17H2,1-3H3. The fourth-order valence-corrected chi connectivity index (χ4v) is 2.58. The van der Waals surface area contributed by atoms with Crippen molar-refractivity contribution in [3.63, 3.8) is 0 Å². The van der Waals surface area contributed by atoms with Crippen molar-refractivity contribution in [2.75, 3.05) is 26.2 Å². The van der Waals surface area contributed by atoms with E-state index in [0.717, 1.165) is 13.1 Å². The van der Waals surface area contributed by atoms with Crippen LogP contribution in [0.5, 0.6) is 0 Å². The molecule has 0 aliphatic carbocycles. The van der Waals surface area contributed by atoms with Crippen LogP contribution in [0.15, 0.2) is 24.3 Å². The first-order valence-corrected chi connectivity index (χ1v) is 7.20. The first-order chi connectivity index (χ1) is 8.72. The van der Waals surface area contributed by atoms with Gasteiger partial charge in [-0.25, -0.2) is 0 Å². The topological polar surface area (TPSA) is 29.3 Å². The number of nitrogens with two attached hydrogens (primary N) is 1. The molecule has 0 spiro atoms. The molecule has 1 atom stereocenters. The predicted octanol–water partition coefficient (Wildman–Crippen LogP) is 3.16. The summed E-state index contributed by atoms with van der Waals surface area (Å²) in [6.45, 7) is 10.8. The Kier molecular flexibility index (Phi) is 6.99. The van der Waals surface area contributed by atoms with Crippen molar-refractivity contribution in [3.8, 4) is 0 Å². The summed E-state index contributed by atoms with van der Waals surface area (Å²) in [5.74, 6) is 0.462. The van der Waals surface area contributed by atoms with Gasteiger partial charge in [0.15, 0.2) is 0 Å². The zero-order valence-corrected chi connectivity index (χ0v) is 12.2. The Balaban J connectivity index is 2.73. The molecular formula is C16H28N2. The van der Waals surface area contributed by atoms with E-state index in [0.29, 0.717) is 5.92 Å². The molecule has 2 heteroatoms. The van der Waals surface area contributed by atoms with Crippen LogP contribution < -0.4 is 5.73 Å². The number of hydrogen-bond donors (Lipinski definition) is 1. The van der Waals surface area contributed by atoms with Gasteiger partial charge in [0, 0.05) is 19.0 Å². The van der Waals surface area contributed by atoms with Crippen molar-refractivity contribution >= 4 is 0 Å². The van der Waals surface area contributed by atoms with Crippen LogP contribution in [-0.4, -0.2) is 31.1 Å². The highest BCUT2D eigenvalue weighted by atomic mass is 15.1. The van der Waals surface area contributed by atoms with Gasteiger partial charge < -0.3 is 10.6 Å². The molecule has 102 valence electrons. The molecule has 2 nitrogen and oxygen atoms in total. The molecule has 18 heavy (non-hydrogen) atoms. The Morgan fingerprint density at radius 3 is 2.22 bits per heavy atom. The average molecular weight is 248 g/mol. The van der Waals surface area contributed by atoms with Gasteiger partial charge in [-0.2, -0.15) is 0 Å². The van der Waals surface area contributed by atoms with E-state index in [-0.39, 0.29) is 0 Å². The van der Waals surface area contributed by atoms with Crippen molar-refractivity contribution in [1.82, 2.24) is 4.90 Å². The minimum atomic E-state index is 0.462. The molecule has 0 radical (unpaired) electrons. The lowest BCUT2D eigenvalue weighted by Gasteiger charge is -2.27. The second kappa shape index (κ2) is 8.28. The van der Waals surface area contributed by atoms with Gasteiger partial charge in [-0.1, -0.05) is 38.1 Å². The van der Waals surface area contributed by atoms with Crippen LogP contribution in [0.25, 0.3) is 0 Å². The van der Waals surface area contributed by atoms with Gasteiger partial charge in [0.2, 0.25) is 0 Å². The van der Waals surface area contributed by atoms with E-state index in [1.54, 1.807) is 0 Å². The van der Waals surface area contributed by atoms with Gasteiger partial charge in [0.05, 0.1) is 0 Å². The summed E-state index contributed by atoms with van der Waals surface area (Å²) in [4.78, 5) is 2.55. The van der Waals surface area contributed by atoms with Crippen molar-refractivity contribution in [3.05, 3.63) is 35.4 Å². The summed E-state index contributed by atoms with van der Waals surface area (Å²) in [6.07, 6.45) is 2.43. The molecule has 0 saturated carbocycles. The van der Waals surface area contributed by atoms with Crippen molar-refractivity contribution in [2.24, 2.45) is 5.73 Å². The van der Waals surface area contributed by atoms with Crippen molar-refractivity contribution in [2.45, 2.75) is 39.5 Å². The zero-order valence-electron chi connectivity index (χ0n) is 12.2. The van der Waals surface area contributed by atoms with Gasteiger partial charge in [0.1, 0.15) is 0 Å². The second-order valence-corrected chi connectivity index (χ2v) is 5.09. The molecule has 0 bridgehead atoms. The number of aryl methyl sites for hydroxylation is 1. The minimum absolute atomic E-state index is 0.462. The van der Waals surface area contributed by atoms with Gasteiger partial charge in [-0.05, 0) is 44.0 Å². The summed E-state index contributed by atoms with van der Waals surface area (Å²) in [5.41, 5.74) is 8.76. The van der Waals surface area contributed by atoms with E-state index in [1.165, 1.54) is 37.1 Å². The molecule has 1 unspecified atom stereocenters. The quantitative estimate of drug-likeness (QED) is 0.765. The van der Waals surface area contributed by atoms with Gasteiger partial charge >= 0.3 is 0 Å². The molecule has 0 amide bonds. The number of rotatable bonds is 8. The van der Waals surface area contributed by atoms with Crippen LogP contribution in [0.2, 0.25) is 0 Å². The normalized spacial score (nSPS) is 12.9. The van der Waals surface area contributed by atoms with Crippen LogP contribution in [0.1, 0.15) is 43.7 Å². The molecule has 0 heterocycles. The Morgan fingerprint density at radius 2 is 1.72 bits per heavy atom. The molecule has 0 saturated heterocycles. The fourth-order valence-electron chi connectivity index (χ4n) is 2.58. The highest BCUT2D eigenvalue weighted by molar-refractivity contribution is 5.29. The summed E-state index contributed by atoms with van der Waals surface area (Å²) in [5, 5.41) is 0. The van der Waals surface area contributed by atoms with E-state index < -0.39 is 0 Å². The van der Waals surface area contributed by atoms with E-state index in [2.05, 4.69) is 49.9 Å². The third kappa shape index (κ3) is 4.43. The van der Waals surface area contributed by atoms with Crippen molar-refractivity contribution < 1.29 is 0 Å². The summed E-state index contributed by atoms with van der Waals surface area (Å²) < 4.78 is 0. The van der Waals surface area contributed by atoms with E-state index in [9.17, 15) is 0 Å². The lowest BCUT2D eigenvalue weighted by atomic mass is 9.94.